The number of H-pyrrole nitrogens is 2. The van der Waals surface area contributed by atoms with Crippen LogP contribution in [0.15, 0.2) is 59.8 Å². The summed E-state index contributed by atoms with van der Waals surface area (Å²) in [7, 11) is 0. The van der Waals surface area contributed by atoms with Crippen LogP contribution in [0.5, 0.6) is 0 Å². The van der Waals surface area contributed by atoms with Crippen molar-refractivity contribution in [3.63, 3.8) is 0 Å². The van der Waals surface area contributed by atoms with E-state index in [2.05, 4.69) is 53.4 Å². The first-order valence-electron chi connectivity index (χ1n) is 12.7. The summed E-state index contributed by atoms with van der Waals surface area (Å²) in [5.41, 5.74) is 9.18. The number of nitrogens with one attached hydrogen (secondary N) is 3. The molecular formula is C28H26N8S. The smallest absolute Gasteiger partial charge is 0.161 e. The molecule has 1 fully saturated rings. The third kappa shape index (κ3) is 4.30. The standard InChI is InChI=1S/C28H26N8S/c1-2-4-17(3-1)10-29-11-18-9-20(13-30-12-18)22-5-6-23-26(32-22)27(36-35-23)28-33-24-15-31-14-21(25(24)34-28)19-7-8-37-16-19/h5-9,12-17,29H,1-4,10-11H2,(H,33,34)(H,35,36). The SMILES string of the molecule is c1cc(-c2cncc3[nH]c(-c4n[nH]c5ccc(-c6cncc(CNCC7CCCC7)c6)nc45)nc23)cs1. The van der Waals surface area contributed by atoms with Gasteiger partial charge in [0.05, 0.1) is 22.9 Å². The molecule has 3 N–H and O–H groups in total. The van der Waals surface area contributed by atoms with Crippen molar-refractivity contribution >= 4 is 33.4 Å². The molecule has 0 atom stereocenters. The molecule has 0 aliphatic heterocycles. The van der Waals surface area contributed by atoms with Gasteiger partial charge in [-0.25, -0.2) is 9.97 Å². The monoisotopic (exact) mass is 506 g/mol. The van der Waals surface area contributed by atoms with Gasteiger partial charge in [-0.15, -0.1) is 0 Å². The van der Waals surface area contributed by atoms with E-state index in [1.165, 1.54) is 25.7 Å². The first kappa shape index (κ1) is 22.3. The molecule has 6 aromatic rings. The highest BCUT2D eigenvalue weighted by molar-refractivity contribution is 7.08. The molecule has 6 heterocycles. The van der Waals surface area contributed by atoms with Gasteiger partial charge in [0.1, 0.15) is 11.0 Å². The zero-order chi connectivity index (χ0) is 24.6. The van der Waals surface area contributed by atoms with E-state index in [1.54, 1.807) is 17.5 Å². The summed E-state index contributed by atoms with van der Waals surface area (Å²) in [6, 6.07) is 8.27. The number of hydrogen-bond acceptors (Lipinski definition) is 7. The maximum Gasteiger partial charge on any atom is 0.161 e. The molecule has 8 nitrogen and oxygen atoms in total. The van der Waals surface area contributed by atoms with Crippen molar-refractivity contribution in [2.75, 3.05) is 6.54 Å². The molecule has 6 aromatic heterocycles. The van der Waals surface area contributed by atoms with E-state index in [0.29, 0.717) is 11.5 Å². The van der Waals surface area contributed by atoms with E-state index < -0.39 is 0 Å². The van der Waals surface area contributed by atoms with Crippen molar-refractivity contribution in [2.45, 2.75) is 32.2 Å². The predicted octanol–water partition coefficient (Wildman–Crippen LogP) is 5.97. The minimum Gasteiger partial charge on any atom is -0.335 e. The van der Waals surface area contributed by atoms with Crippen LogP contribution in [0.3, 0.4) is 0 Å². The van der Waals surface area contributed by atoms with Crippen molar-refractivity contribution in [3.8, 4) is 33.9 Å². The fourth-order valence-corrected chi connectivity index (χ4v) is 5.91. The first-order valence-corrected chi connectivity index (χ1v) is 13.6. The first-order chi connectivity index (χ1) is 18.3. The maximum absolute atomic E-state index is 4.98. The predicted molar refractivity (Wildman–Crippen MR) is 147 cm³/mol. The second-order valence-electron chi connectivity index (χ2n) is 9.71. The van der Waals surface area contributed by atoms with Crippen LogP contribution in [0.4, 0.5) is 0 Å². The quantitative estimate of drug-likeness (QED) is 0.246. The Morgan fingerprint density at radius 3 is 2.73 bits per heavy atom. The normalized spacial score (nSPS) is 14.3. The van der Waals surface area contributed by atoms with Gasteiger partial charge in [0.2, 0.25) is 0 Å². The lowest BCUT2D eigenvalue weighted by Gasteiger charge is -2.11. The zero-order valence-corrected chi connectivity index (χ0v) is 21.1. The lowest BCUT2D eigenvalue weighted by molar-refractivity contribution is 0.489. The number of imidazole rings is 1. The van der Waals surface area contributed by atoms with Crippen molar-refractivity contribution in [3.05, 3.63) is 65.4 Å². The molecule has 0 amide bonds. The molecule has 0 spiro atoms. The minimum absolute atomic E-state index is 0.665. The van der Waals surface area contributed by atoms with Crippen LogP contribution in [0.25, 0.3) is 56.0 Å². The molecule has 0 bridgehead atoms. The summed E-state index contributed by atoms with van der Waals surface area (Å²) < 4.78 is 0. The lowest BCUT2D eigenvalue weighted by Crippen LogP contribution is -2.20. The van der Waals surface area contributed by atoms with Gasteiger partial charge in [-0.1, -0.05) is 12.8 Å². The second kappa shape index (κ2) is 9.49. The summed E-state index contributed by atoms with van der Waals surface area (Å²) in [4.78, 5) is 22.2. The van der Waals surface area contributed by atoms with Gasteiger partial charge in [-0.2, -0.15) is 16.4 Å². The van der Waals surface area contributed by atoms with E-state index in [-0.39, 0.29) is 0 Å². The van der Waals surface area contributed by atoms with Crippen LogP contribution in [-0.4, -0.2) is 41.7 Å². The van der Waals surface area contributed by atoms with Gasteiger partial charge >= 0.3 is 0 Å². The summed E-state index contributed by atoms with van der Waals surface area (Å²) in [5, 5.41) is 15.4. The number of aromatic amines is 2. The van der Waals surface area contributed by atoms with Crippen LogP contribution in [0.2, 0.25) is 0 Å². The Morgan fingerprint density at radius 1 is 0.919 bits per heavy atom. The van der Waals surface area contributed by atoms with E-state index in [4.69, 9.17) is 9.97 Å². The van der Waals surface area contributed by atoms with Gasteiger partial charge in [-0.3, -0.25) is 15.1 Å². The summed E-state index contributed by atoms with van der Waals surface area (Å²) in [6.45, 7) is 1.89. The fourth-order valence-electron chi connectivity index (χ4n) is 5.26. The summed E-state index contributed by atoms with van der Waals surface area (Å²) in [5.74, 6) is 1.48. The van der Waals surface area contributed by atoms with Crippen molar-refractivity contribution in [1.82, 2.24) is 40.4 Å². The van der Waals surface area contributed by atoms with E-state index in [9.17, 15) is 0 Å². The number of rotatable bonds is 7. The Kier molecular flexibility index (Phi) is 5.71. The third-order valence-electron chi connectivity index (χ3n) is 7.19. The van der Waals surface area contributed by atoms with Gasteiger partial charge in [0, 0.05) is 36.3 Å². The van der Waals surface area contributed by atoms with E-state index in [0.717, 1.165) is 69.0 Å². The molecular weight excluding hydrogens is 480 g/mol. The molecule has 184 valence electrons. The number of thiophene rings is 1. The van der Waals surface area contributed by atoms with Crippen LogP contribution in [0, 0.1) is 5.92 Å². The Labute approximate surface area is 217 Å². The van der Waals surface area contributed by atoms with Gasteiger partial charge in [0.25, 0.3) is 0 Å². The largest absolute Gasteiger partial charge is 0.335 e. The van der Waals surface area contributed by atoms with Crippen molar-refractivity contribution in [2.24, 2.45) is 5.92 Å². The number of fused-ring (bicyclic) bond motifs is 2. The average molecular weight is 507 g/mol. The molecule has 1 aliphatic carbocycles. The topological polar surface area (TPSA) is 108 Å². The molecule has 1 aliphatic rings. The number of hydrogen-bond donors (Lipinski definition) is 3. The average Bonchev–Trinajstić information content (AvgIpc) is 3.74. The van der Waals surface area contributed by atoms with Crippen molar-refractivity contribution < 1.29 is 0 Å². The summed E-state index contributed by atoms with van der Waals surface area (Å²) >= 11 is 1.66. The highest BCUT2D eigenvalue weighted by Gasteiger charge is 2.18. The molecule has 0 saturated heterocycles. The summed E-state index contributed by atoms with van der Waals surface area (Å²) in [6.07, 6.45) is 12.9. The minimum atomic E-state index is 0.665. The Morgan fingerprint density at radius 2 is 1.84 bits per heavy atom. The fraction of sp³-hybridized carbons (Fsp3) is 0.250. The molecule has 37 heavy (non-hydrogen) atoms. The maximum atomic E-state index is 4.98. The van der Waals surface area contributed by atoms with Crippen LogP contribution < -0.4 is 5.32 Å². The Balaban J connectivity index is 1.20. The van der Waals surface area contributed by atoms with Gasteiger partial charge in [0.15, 0.2) is 11.5 Å². The third-order valence-corrected chi connectivity index (χ3v) is 7.87. The molecule has 7 rings (SSSR count). The van der Waals surface area contributed by atoms with Crippen LogP contribution in [-0.2, 0) is 6.54 Å². The highest BCUT2D eigenvalue weighted by atomic mass is 32.1. The van der Waals surface area contributed by atoms with Crippen LogP contribution in [0.1, 0.15) is 31.2 Å². The van der Waals surface area contributed by atoms with Gasteiger partial charge < -0.3 is 10.3 Å². The molecule has 0 unspecified atom stereocenters. The second-order valence-corrected chi connectivity index (χ2v) is 10.5. The molecule has 0 radical (unpaired) electrons. The van der Waals surface area contributed by atoms with Gasteiger partial charge in [-0.05, 0) is 71.5 Å². The Hall–Kier alpha value is -3.95. The zero-order valence-electron chi connectivity index (χ0n) is 20.2. The lowest BCUT2D eigenvalue weighted by atomic mass is 10.1. The molecule has 9 heteroatoms. The van der Waals surface area contributed by atoms with Crippen molar-refractivity contribution in [1.29, 1.82) is 0 Å². The number of pyridine rings is 3. The Bertz CT molecular complexity index is 1680. The number of aromatic nitrogens is 7. The van der Waals surface area contributed by atoms with E-state index >= 15 is 0 Å². The van der Waals surface area contributed by atoms with Crippen LogP contribution >= 0.6 is 11.3 Å². The molecule has 1 saturated carbocycles. The number of nitrogens with zero attached hydrogens (tertiary/aromatic N) is 5. The highest BCUT2D eigenvalue weighted by Crippen LogP contribution is 2.32. The molecule has 0 aromatic carbocycles. The van der Waals surface area contributed by atoms with E-state index in [1.807, 2.05) is 30.7 Å².